The predicted molar refractivity (Wildman–Crippen MR) is 79.2 cm³/mol. The average molecular weight is 290 g/mol. The number of benzene rings is 1. The number of aromatic amines is 1. The Morgan fingerprint density at radius 3 is 2.85 bits per heavy atom. The van der Waals surface area contributed by atoms with Crippen LogP contribution < -0.4 is 4.90 Å². The molecule has 0 saturated carbocycles. The molecule has 0 aliphatic carbocycles. The van der Waals surface area contributed by atoms with Crippen molar-refractivity contribution in [2.24, 2.45) is 5.92 Å². The molecule has 0 spiro atoms. The number of amides is 1. The fraction of sp³-hybridized carbons (Fsp3) is 0.333. The number of hydrogen-bond donors (Lipinski definition) is 1. The van der Waals surface area contributed by atoms with Gasteiger partial charge in [-0.15, -0.1) is 0 Å². The lowest BCUT2D eigenvalue weighted by Crippen LogP contribution is -2.31. The van der Waals surface area contributed by atoms with Crippen molar-refractivity contribution in [2.45, 2.75) is 26.8 Å². The van der Waals surface area contributed by atoms with E-state index in [0.29, 0.717) is 10.7 Å². The number of imidazole rings is 1. The van der Waals surface area contributed by atoms with Gasteiger partial charge in [0.15, 0.2) is 5.69 Å². The molecule has 0 unspecified atom stereocenters. The molecule has 2 heterocycles. The molecule has 20 heavy (non-hydrogen) atoms. The second-order valence-corrected chi connectivity index (χ2v) is 5.90. The maximum Gasteiger partial charge on any atom is 0.279 e. The van der Waals surface area contributed by atoms with Crippen LogP contribution in [0.2, 0.25) is 5.02 Å². The van der Waals surface area contributed by atoms with E-state index in [1.54, 1.807) is 11.2 Å². The van der Waals surface area contributed by atoms with Crippen LogP contribution in [0.25, 0.3) is 0 Å². The maximum absolute atomic E-state index is 12.6. The smallest absolute Gasteiger partial charge is 0.279 e. The molecule has 3 rings (SSSR count). The van der Waals surface area contributed by atoms with Crippen LogP contribution in [0, 0.1) is 12.8 Å². The van der Waals surface area contributed by atoms with Gasteiger partial charge in [-0.2, -0.15) is 0 Å². The molecule has 1 aromatic carbocycles. The third kappa shape index (κ3) is 1.83. The zero-order valence-electron chi connectivity index (χ0n) is 11.6. The quantitative estimate of drug-likeness (QED) is 0.916. The zero-order chi connectivity index (χ0) is 14.4. The van der Waals surface area contributed by atoms with Crippen LogP contribution in [-0.2, 0) is 0 Å². The Morgan fingerprint density at radius 2 is 2.15 bits per heavy atom. The summed E-state index contributed by atoms with van der Waals surface area (Å²) in [7, 11) is 0. The number of hydrogen-bond acceptors (Lipinski definition) is 2. The molecule has 4 nitrogen and oxygen atoms in total. The fourth-order valence-electron chi connectivity index (χ4n) is 2.80. The number of aromatic nitrogens is 2. The van der Waals surface area contributed by atoms with E-state index < -0.39 is 0 Å². The van der Waals surface area contributed by atoms with Gasteiger partial charge in [-0.3, -0.25) is 9.69 Å². The molecule has 5 heteroatoms. The van der Waals surface area contributed by atoms with Crippen molar-refractivity contribution < 1.29 is 4.79 Å². The summed E-state index contributed by atoms with van der Waals surface area (Å²) >= 11 is 6.09. The second kappa shape index (κ2) is 4.63. The summed E-state index contributed by atoms with van der Waals surface area (Å²) in [6.07, 6.45) is 1.58. The minimum Gasteiger partial charge on any atom is -0.346 e. The van der Waals surface area contributed by atoms with Gasteiger partial charge in [-0.05, 0) is 30.5 Å². The summed E-state index contributed by atoms with van der Waals surface area (Å²) in [5.41, 5.74) is 3.29. The number of carbonyl (C=O) groups is 1. The molecular formula is C15H16ClN3O. The predicted octanol–water partition coefficient (Wildman–Crippen LogP) is 3.73. The van der Waals surface area contributed by atoms with Gasteiger partial charge in [0.05, 0.1) is 18.1 Å². The van der Waals surface area contributed by atoms with Crippen molar-refractivity contribution in [3.63, 3.8) is 0 Å². The van der Waals surface area contributed by atoms with Crippen molar-refractivity contribution in [1.82, 2.24) is 9.97 Å². The first-order chi connectivity index (χ1) is 9.50. The Kier molecular flexibility index (Phi) is 3.05. The SMILES string of the molecule is Cc1ccc(Cl)cc1N1C(=O)c2nc[nH]c2[C@@H]1C(C)C. The van der Waals surface area contributed by atoms with Crippen LogP contribution in [0.3, 0.4) is 0 Å². The molecule has 1 N–H and O–H groups in total. The number of aryl methyl sites for hydroxylation is 1. The van der Waals surface area contributed by atoms with E-state index in [-0.39, 0.29) is 17.9 Å². The number of halogens is 1. The summed E-state index contributed by atoms with van der Waals surface area (Å²) in [5, 5.41) is 0.629. The highest BCUT2D eigenvalue weighted by Crippen LogP contribution is 2.41. The minimum atomic E-state index is -0.0645. The highest BCUT2D eigenvalue weighted by Gasteiger charge is 2.42. The minimum absolute atomic E-state index is 0.0304. The van der Waals surface area contributed by atoms with Crippen molar-refractivity contribution in [1.29, 1.82) is 0 Å². The van der Waals surface area contributed by atoms with E-state index in [4.69, 9.17) is 11.6 Å². The number of anilines is 1. The number of nitrogens with one attached hydrogen (secondary N) is 1. The first-order valence-electron chi connectivity index (χ1n) is 6.63. The fourth-order valence-corrected chi connectivity index (χ4v) is 2.97. The van der Waals surface area contributed by atoms with E-state index in [0.717, 1.165) is 16.9 Å². The van der Waals surface area contributed by atoms with Gasteiger partial charge in [-0.1, -0.05) is 31.5 Å². The van der Waals surface area contributed by atoms with Crippen molar-refractivity contribution in [3.05, 3.63) is 46.5 Å². The molecule has 1 amide bonds. The molecule has 104 valence electrons. The van der Waals surface area contributed by atoms with Gasteiger partial charge in [0, 0.05) is 10.7 Å². The van der Waals surface area contributed by atoms with Gasteiger partial charge in [0.2, 0.25) is 0 Å². The van der Waals surface area contributed by atoms with Gasteiger partial charge in [0.1, 0.15) is 0 Å². The Morgan fingerprint density at radius 1 is 1.40 bits per heavy atom. The summed E-state index contributed by atoms with van der Waals surface area (Å²) in [4.78, 5) is 21.7. The Balaban J connectivity index is 2.16. The van der Waals surface area contributed by atoms with Crippen LogP contribution in [0.5, 0.6) is 0 Å². The van der Waals surface area contributed by atoms with Crippen LogP contribution in [0.1, 0.15) is 41.6 Å². The van der Waals surface area contributed by atoms with Crippen LogP contribution in [-0.4, -0.2) is 15.9 Å². The van der Waals surface area contributed by atoms with Crippen molar-refractivity contribution in [3.8, 4) is 0 Å². The summed E-state index contributed by atoms with van der Waals surface area (Å²) in [6.45, 7) is 6.18. The van der Waals surface area contributed by atoms with E-state index in [1.807, 2.05) is 25.1 Å². The monoisotopic (exact) mass is 289 g/mol. The van der Waals surface area contributed by atoms with E-state index in [1.165, 1.54) is 0 Å². The molecule has 1 aromatic heterocycles. The zero-order valence-corrected chi connectivity index (χ0v) is 12.4. The van der Waals surface area contributed by atoms with Gasteiger partial charge < -0.3 is 4.98 Å². The van der Waals surface area contributed by atoms with E-state index >= 15 is 0 Å². The molecule has 0 bridgehead atoms. The lowest BCUT2D eigenvalue weighted by Gasteiger charge is -2.29. The number of rotatable bonds is 2. The third-order valence-electron chi connectivity index (χ3n) is 3.73. The Bertz CT molecular complexity index is 678. The van der Waals surface area contributed by atoms with Crippen LogP contribution >= 0.6 is 11.6 Å². The largest absolute Gasteiger partial charge is 0.346 e. The van der Waals surface area contributed by atoms with E-state index in [9.17, 15) is 4.79 Å². The normalized spacial score (nSPS) is 17.9. The lowest BCUT2D eigenvalue weighted by atomic mass is 10.0. The van der Waals surface area contributed by atoms with Gasteiger partial charge >= 0.3 is 0 Å². The second-order valence-electron chi connectivity index (χ2n) is 5.46. The summed E-state index contributed by atoms with van der Waals surface area (Å²) in [5.74, 6) is 0.212. The molecule has 0 radical (unpaired) electrons. The Labute approximate surface area is 122 Å². The molecule has 1 aliphatic rings. The first kappa shape index (κ1) is 13.2. The maximum atomic E-state index is 12.6. The standard InChI is InChI=1S/C15H16ClN3O/c1-8(2)14-12-13(18-7-17-12)15(20)19(14)11-6-10(16)5-4-9(11)3/h4-8,14H,1-3H3,(H,17,18)/t14-/m0/s1. The highest BCUT2D eigenvalue weighted by molar-refractivity contribution is 6.31. The number of nitrogens with zero attached hydrogens (tertiary/aromatic N) is 2. The molecule has 1 atom stereocenters. The highest BCUT2D eigenvalue weighted by atomic mass is 35.5. The lowest BCUT2D eigenvalue weighted by molar-refractivity contribution is 0.0982. The van der Waals surface area contributed by atoms with Gasteiger partial charge in [0.25, 0.3) is 5.91 Å². The molecule has 2 aromatic rings. The molecular weight excluding hydrogens is 274 g/mol. The first-order valence-corrected chi connectivity index (χ1v) is 7.01. The van der Waals surface area contributed by atoms with E-state index in [2.05, 4.69) is 23.8 Å². The Hall–Kier alpha value is -1.81. The number of fused-ring (bicyclic) bond motifs is 1. The number of carbonyl (C=O) groups excluding carboxylic acids is 1. The topological polar surface area (TPSA) is 49.0 Å². The summed E-state index contributed by atoms with van der Waals surface area (Å²) in [6, 6.07) is 5.58. The van der Waals surface area contributed by atoms with Crippen LogP contribution in [0.4, 0.5) is 5.69 Å². The molecule has 0 saturated heterocycles. The average Bonchev–Trinajstić information content (AvgIpc) is 2.95. The van der Waals surface area contributed by atoms with Crippen LogP contribution in [0.15, 0.2) is 24.5 Å². The van der Waals surface area contributed by atoms with Crippen molar-refractivity contribution >= 4 is 23.2 Å². The molecule has 0 fully saturated rings. The third-order valence-corrected chi connectivity index (χ3v) is 3.96. The van der Waals surface area contributed by atoms with Gasteiger partial charge in [-0.25, -0.2) is 4.98 Å². The molecule has 1 aliphatic heterocycles. The number of H-pyrrole nitrogens is 1. The van der Waals surface area contributed by atoms with Crippen molar-refractivity contribution in [2.75, 3.05) is 4.90 Å². The summed E-state index contributed by atoms with van der Waals surface area (Å²) < 4.78 is 0.